The molecular formula is C17H16N6OS. The van der Waals surface area contributed by atoms with Gasteiger partial charge in [0.25, 0.3) is 11.9 Å². The van der Waals surface area contributed by atoms with Gasteiger partial charge in [0.1, 0.15) is 0 Å². The van der Waals surface area contributed by atoms with Crippen molar-refractivity contribution in [3.8, 4) is 0 Å². The minimum atomic E-state index is -0.269. The lowest BCUT2D eigenvalue weighted by molar-refractivity contribution is 0.102. The highest BCUT2D eigenvalue weighted by Gasteiger charge is 2.14. The highest BCUT2D eigenvalue weighted by Crippen LogP contribution is 2.21. The summed E-state index contributed by atoms with van der Waals surface area (Å²) in [5.74, 6) is 0.0279. The van der Waals surface area contributed by atoms with Crippen molar-refractivity contribution in [2.75, 3.05) is 5.32 Å². The molecule has 0 saturated heterocycles. The molecule has 25 heavy (non-hydrogen) atoms. The number of nitrogens with zero attached hydrogens (tertiary/aromatic N) is 5. The van der Waals surface area contributed by atoms with Gasteiger partial charge in [-0.1, -0.05) is 11.3 Å². The van der Waals surface area contributed by atoms with Gasteiger partial charge in [-0.2, -0.15) is 4.98 Å². The number of nitrogens with one attached hydrogen (secondary N) is 1. The van der Waals surface area contributed by atoms with E-state index in [0.29, 0.717) is 17.0 Å². The van der Waals surface area contributed by atoms with Crippen molar-refractivity contribution in [2.24, 2.45) is 0 Å². The number of hydrogen-bond acceptors (Lipinski definition) is 6. The standard InChI is InChI=1S/C17H16N6OS/c1-8-9(2)19-14-7-12(5-6-13(14)18-8)15(24)20-16-21-17-23(22-16)10(3)11(4)25-17/h5-7H,1-4H3,(H,20,22,24). The van der Waals surface area contributed by atoms with Crippen LogP contribution < -0.4 is 5.32 Å². The molecular weight excluding hydrogens is 336 g/mol. The van der Waals surface area contributed by atoms with E-state index in [1.54, 1.807) is 34.1 Å². The summed E-state index contributed by atoms with van der Waals surface area (Å²) in [5, 5.41) is 7.09. The SMILES string of the molecule is Cc1nc2ccc(C(=O)Nc3nc4sc(C)c(C)n4n3)cc2nc1C. The number of carbonyl (C=O) groups is 1. The number of rotatable bonds is 2. The van der Waals surface area contributed by atoms with Gasteiger partial charge in [-0.15, -0.1) is 5.10 Å². The van der Waals surface area contributed by atoms with Crippen LogP contribution in [0.4, 0.5) is 5.95 Å². The van der Waals surface area contributed by atoms with Crippen LogP contribution in [-0.4, -0.2) is 30.5 Å². The summed E-state index contributed by atoms with van der Waals surface area (Å²) >= 11 is 1.55. The van der Waals surface area contributed by atoms with E-state index in [0.717, 1.165) is 32.4 Å². The molecule has 0 aliphatic carbocycles. The Bertz CT molecular complexity index is 1140. The van der Waals surface area contributed by atoms with Crippen molar-refractivity contribution in [2.45, 2.75) is 27.7 Å². The van der Waals surface area contributed by atoms with Gasteiger partial charge in [-0.3, -0.25) is 10.1 Å². The normalized spacial score (nSPS) is 11.4. The zero-order valence-electron chi connectivity index (χ0n) is 14.3. The van der Waals surface area contributed by atoms with Crippen molar-refractivity contribution >= 4 is 39.2 Å². The number of benzene rings is 1. The summed E-state index contributed by atoms with van der Waals surface area (Å²) in [6.45, 7) is 7.82. The van der Waals surface area contributed by atoms with E-state index in [1.165, 1.54) is 0 Å². The monoisotopic (exact) mass is 352 g/mol. The first kappa shape index (κ1) is 15.6. The summed E-state index contributed by atoms with van der Waals surface area (Å²) in [5.41, 5.74) is 4.73. The van der Waals surface area contributed by atoms with E-state index in [-0.39, 0.29) is 5.91 Å². The third-order valence-electron chi connectivity index (χ3n) is 4.21. The zero-order valence-corrected chi connectivity index (χ0v) is 15.1. The number of carbonyl (C=O) groups excluding carboxylic acids is 1. The molecule has 0 radical (unpaired) electrons. The Morgan fingerprint density at radius 3 is 2.48 bits per heavy atom. The Kier molecular flexibility index (Phi) is 3.50. The maximum atomic E-state index is 12.5. The lowest BCUT2D eigenvalue weighted by Crippen LogP contribution is -2.13. The van der Waals surface area contributed by atoms with Crippen LogP contribution >= 0.6 is 11.3 Å². The highest BCUT2D eigenvalue weighted by molar-refractivity contribution is 7.17. The van der Waals surface area contributed by atoms with E-state index < -0.39 is 0 Å². The van der Waals surface area contributed by atoms with Crippen LogP contribution in [0.1, 0.15) is 32.3 Å². The van der Waals surface area contributed by atoms with Crippen LogP contribution in [0.3, 0.4) is 0 Å². The molecule has 126 valence electrons. The number of fused-ring (bicyclic) bond motifs is 2. The molecule has 0 fully saturated rings. The van der Waals surface area contributed by atoms with Crippen molar-refractivity contribution in [1.82, 2.24) is 24.6 Å². The van der Waals surface area contributed by atoms with E-state index in [9.17, 15) is 4.79 Å². The molecule has 0 atom stereocenters. The number of anilines is 1. The van der Waals surface area contributed by atoms with E-state index >= 15 is 0 Å². The predicted molar refractivity (Wildman–Crippen MR) is 97.3 cm³/mol. The Balaban J connectivity index is 1.65. The van der Waals surface area contributed by atoms with Crippen molar-refractivity contribution in [1.29, 1.82) is 0 Å². The van der Waals surface area contributed by atoms with E-state index in [4.69, 9.17) is 0 Å². The Morgan fingerprint density at radius 2 is 1.76 bits per heavy atom. The third kappa shape index (κ3) is 2.64. The third-order valence-corrected chi connectivity index (χ3v) is 5.26. The molecule has 0 unspecified atom stereocenters. The predicted octanol–water partition coefficient (Wildman–Crippen LogP) is 3.22. The molecule has 0 bridgehead atoms. The van der Waals surface area contributed by atoms with Crippen LogP contribution in [0.15, 0.2) is 18.2 Å². The number of thiazole rings is 1. The van der Waals surface area contributed by atoms with E-state index in [1.807, 2.05) is 27.7 Å². The Morgan fingerprint density at radius 1 is 1.04 bits per heavy atom. The van der Waals surface area contributed by atoms with Crippen LogP contribution in [0.2, 0.25) is 0 Å². The van der Waals surface area contributed by atoms with Crippen LogP contribution in [-0.2, 0) is 0 Å². The minimum Gasteiger partial charge on any atom is -0.289 e. The summed E-state index contributed by atoms with van der Waals surface area (Å²) < 4.78 is 1.74. The zero-order chi connectivity index (χ0) is 17.7. The summed E-state index contributed by atoms with van der Waals surface area (Å²) in [6.07, 6.45) is 0. The second-order valence-corrected chi connectivity index (χ2v) is 7.11. The number of hydrogen-bond donors (Lipinski definition) is 1. The van der Waals surface area contributed by atoms with Gasteiger partial charge in [0.05, 0.1) is 28.1 Å². The lowest BCUT2D eigenvalue weighted by Gasteiger charge is -2.05. The van der Waals surface area contributed by atoms with Gasteiger partial charge in [-0.05, 0) is 45.9 Å². The molecule has 4 aromatic rings. The first-order valence-corrected chi connectivity index (χ1v) is 8.63. The molecule has 3 aromatic heterocycles. The van der Waals surface area contributed by atoms with Crippen molar-refractivity contribution in [3.63, 3.8) is 0 Å². The van der Waals surface area contributed by atoms with Gasteiger partial charge in [0, 0.05) is 10.4 Å². The second kappa shape index (κ2) is 5.59. The fourth-order valence-corrected chi connectivity index (χ4v) is 3.45. The fourth-order valence-electron chi connectivity index (χ4n) is 2.54. The van der Waals surface area contributed by atoms with Crippen molar-refractivity contribution in [3.05, 3.63) is 45.7 Å². The maximum Gasteiger partial charge on any atom is 0.258 e. The van der Waals surface area contributed by atoms with Gasteiger partial charge in [0.15, 0.2) is 0 Å². The quantitative estimate of drug-likeness (QED) is 0.599. The largest absolute Gasteiger partial charge is 0.289 e. The smallest absolute Gasteiger partial charge is 0.258 e. The summed E-state index contributed by atoms with van der Waals surface area (Å²) in [6, 6.07) is 5.27. The molecule has 7 nitrogen and oxygen atoms in total. The van der Waals surface area contributed by atoms with Crippen LogP contribution in [0, 0.1) is 27.7 Å². The Labute approximate surface area is 147 Å². The van der Waals surface area contributed by atoms with Gasteiger partial charge in [0.2, 0.25) is 4.96 Å². The summed E-state index contributed by atoms with van der Waals surface area (Å²) in [4.78, 5) is 27.8. The number of aromatic nitrogens is 5. The first-order chi connectivity index (χ1) is 11.9. The first-order valence-electron chi connectivity index (χ1n) is 7.81. The van der Waals surface area contributed by atoms with Crippen LogP contribution in [0.25, 0.3) is 16.0 Å². The maximum absolute atomic E-state index is 12.5. The molecule has 0 aliphatic heterocycles. The van der Waals surface area contributed by atoms with Crippen LogP contribution in [0.5, 0.6) is 0 Å². The average Bonchev–Trinajstić information content (AvgIpc) is 3.07. The number of aryl methyl sites for hydroxylation is 4. The molecule has 0 aliphatic rings. The van der Waals surface area contributed by atoms with Crippen molar-refractivity contribution < 1.29 is 4.79 Å². The Hall–Kier alpha value is -2.87. The molecule has 0 spiro atoms. The molecule has 3 heterocycles. The molecule has 1 aromatic carbocycles. The minimum absolute atomic E-state index is 0.269. The second-order valence-electron chi connectivity index (χ2n) is 5.93. The summed E-state index contributed by atoms with van der Waals surface area (Å²) in [7, 11) is 0. The lowest BCUT2D eigenvalue weighted by atomic mass is 10.1. The molecule has 1 amide bonds. The molecule has 4 rings (SSSR count). The topological polar surface area (TPSA) is 85.1 Å². The van der Waals surface area contributed by atoms with Gasteiger partial charge in [-0.25, -0.2) is 14.5 Å². The number of amides is 1. The van der Waals surface area contributed by atoms with Gasteiger partial charge >= 0.3 is 0 Å². The molecule has 8 heteroatoms. The highest BCUT2D eigenvalue weighted by atomic mass is 32.1. The fraction of sp³-hybridized carbons (Fsp3) is 0.235. The molecule has 0 saturated carbocycles. The van der Waals surface area contributed by atoms with E-state index in [2.05, 4.69) is 25.4 Å². The average molecular weight is 352 g/mol. The molecule has 1 N–H and O–H groups in total. The van der Waals surface area contributed by atoms with Gasteiger partial charge < -0.3 is 0 Å².